The number of aromatic nitrogens is 4. The summed E-state index contributed by atoms with van der Waals surface area (Å²) in [5.41, 5.74) is 7.81. The SMILES string of the molecule is Nc1nc(NCCN2CCN(c3ccc(O[C@H]4CNC[C@H]4F)cc3F)CC2)nc2cc(-c3ccco3)nn12. The second kappa shape index (κ2) is 10.4. The van der Waals surface area contributed by atoms with Crippen molar-refractivity contribution in [2.45, 2.75) is 12.3 Å². The summed E-state index contributed by atoms with van der Waals surface area (Å²) >= 11 is 0. The van der Waals surface area contributed by atoms with Gasteiger partial charge in [-0.1, -0.05) is 0 Å². The maximum Gasteiger partial charge on any atom is 0.228 e. The molecule has 2 fully saturated rings. The second-order valence-corrected chi connectivity index (χ2v) is 9.38. The molecular formula is C25H29F2N9O2. The van der Waals surface area contributed by atoms with Crippen LogP contribution in [-0.4, -0.2) is 89.1 Å². The Morgan fingerprint density at radius 3 is 2.74 bits per heavy atom. The average molecular weight is 526 g/mol. The van der Waals surface area contributed by atoms with Gasteiger partial charge in [-0.3, -0.25) is 4.90 Å². The summed E-state index contributed by atoms with van der Waals surface area (Å²) in [6, 6.07) is 10.2. The molecule has 38 heavy (non-hydrogen) atoms. The molecule has 1 aromatic carbocycles. The lowest BCUT2D eigenvalue weighted by atomic mass is 10.2. The van der Waals surface area contributed by atoms with Gasteiger partial charge in [0.05, 0.1) is 12.0 Å². The van der Waals surface area contributed by atoms with Crippen LogP contribution in [-0.2, 0) is 0 Å². The Balaban J connectivity index is 0.998. The Labute approximate surface area is 217 Å². The first-order valence-electron chi connectivity index (χ1n) is 12.6. The summed E-state index contributed by atoms with van der Waals surface area (Å²) in [6.07, 6.45) is -0.0832. The van der Waals surface area contributed by atoms with E-state index in [1.165, 1.54) is 10.6 Å². The zero-order valence-corrected chi connectivity index (χ0v) is 20.7. The van der Waals surface area contributed by atoms with Gasteiger partial charge in [0, 0.05) is 64.5 Å². The monoisotopic (exact) mass is 525 g/mol. The normalized spacial score (nSPS) is 20.3. The summed E-state index contributed by atoms with van der Waals surface area (Å²) in [4.78, 5) is 13.1. The highest BCUT2D eigenvalue weighted by atomic mass is 19.1. The highest BCUT2D eigenvalue weighted by molar-refractivity contribution is 5.61. The number of fused-ring (bicyclic) bond motifs is 1. The fourth-order valence-electron chi connectivity index (χ4n) is 4.80. The Bertz CT molecular complexity index is 1390. The number of halogens is 2. The van der Waals surface area contributed by atoms with Gasteiger partial charge in [-0.15, -0.1) is 0 Å². The first kappa shape index (κ1) is 24.4. The molecule has 2 saturated heterocycles. The number of hydrogen-bond acceptors (Lipinski definition) is 10. The van der Waals surface area contributed by atoms with E-state index in [0.717, 1.165) is 19.6 Å². The molecule has 0 saturated carbocycles. The van der Waals surface area contributed by atoms with Crippen LogP contribution in [0.4, 0.5) is 26.4 Å². The lowest BCUT2D eigenvalue weighted by Gasteiger charge is -2.36. The number of rotatable bonds is 8. The molecule has 0 spiro atoms. The lowest BCUT2D eigenvalue weighted by Crippen LogP contribution is -2.48. The van der Waals surface area contributed by atoms with E-state index >= 15 is 0 Å². The van der Waals surface area contributed by atoms with Gasteiger partial charge in [0.25, 0.3) is 0 Å². The minimum atomic E-state index is -1.08. The minimum absolute atomic E-state index is 0.229. The molecular weight excluding hydrogens is 496 g/mol. The predicted molar refractivity (Wildman–Crippen MR) is 139 cm³/mol. The predicted octanol–water partition coefficient (Wildman–Crippen LogP) is 2.03. The van der Waals surface area contributed by atoms with Crippen LogP contribution >= 0.6 is 0 Å². The smallest absolute Gasteiger partial charge is 0.228 e. The van der Waals surface area contributed by atoms with E-state index in [1.807, 2.05) is 11.0 Å². The Kier molecular flexibility index (Phi) is 6.68. The summed E-state index contributed by atoms with van der Waals surface area (Å²) < 4.78 is 41.1. The lowest BCUT2D eigenvalue weighted by molar-refractivity contribution is 0.139. The van der Waals surface area contributed by atoms with E-state index in [2.05, 4.69) is 30.6 Å². The molecule has 0 unspecified atom stereocenters. The number of furan rings is 1. The fraction of sp³-hybridized carbons (Fsp3) is 0.400. The first-order chi connectivity index (χ1) is 18.5. The molecule has 2 aliphatic heterocycles. The minimum Gasteiger partial charge on any atom is -0.486 e. The quantitative estimate of drug-likeness (QED) is 0.315. The van der Waals surface area contributed by atoms with E-state index in [-0.39, 0.29) is 18.3 Å². The van der Waals surface area contributed by atoms with Gasteiger partial charge in [0.15, 0.2) is 17.6 Å². The van der Waals surface area contributed by atoms with Gasteiger partial charge in [0.1, 0.15) is 23.4 Å². The maximum atomic E-state index is 14.8. The number of nitrogens with one attached hydrogen (secondary N) is 2. The third-order valence-corrected chi connectivity index (χ3v) is 6.84. The average Bonchev–Trinajstić information content (AvgIpc) is 3.67. The summed E-state index contributed by atoms with van der Waals surface area (Å²) in [6.45, 7) is 5.04. The number of nitrogens with two attached hydrogens (primary N) is 1. The molecule has 3 aromatic heterocycles. The van der Waals surface area contributed by atoms with Gasteiger partial charge in [-0.05, 0) is 24.3 Å². The molecule has 13 heteroatoms. The molecule has 0 bridgehead atoms. The molecule has 4 aromatic rings. The molecule has 0 amide bonds. The van der Waals surface area contributed by atoms with Gasteiger partial charge in [-0.2, -0.15) is 19.6 Å². The van der Waals surface area contributed by atoms with Gasteiger partial charge in [-0.25, -0.2) is 8.78 Å². The van der Waals surface area contributed by atoms with Crippen molar-refractivity contribution in [3.8, 4) is 17.2 Å². The van der Waals surface area contributed by atoms with Crippen LogP contribution in [0.2, 0.25) is 0 Å². The molecule has 5 heterocycles. The highest BCUT2D eigenvalue weighted by Gasteiger charge is 2.29. The van der Waals surface area contributed by atoms with Crippen molar-refractivity contribution in [3.05, 3.63) is 48.5 Å². The standard InChI is InChI=1S/C25H29F2N9O2/c26-17-12-16(38-22-15-29-14-18(22)27)3-4-20(17)35-9-7-34(8-10-35)6-5-30-25-31-23-13-19(21-2-1-11-37-21)33-36(23)24(28)32-25/h1-4,11-13,18,22,29H,5-10,14-15H2,(H3,28,30,31,32)/t18-,22+/m1/s1. The van der Waals surface area contributed by atoms with E-state index in [9.17, 15) is 8.78 Å². The number of benzene rings is 1. The van der Waals surface area contributed by atoms with Gasteiger partial charge < -0.3 is 30.4 Å². The fourth-order valence-corrected chi connectivity index (χ4v) is 4.80. The van der Waals surface area contributed by atoms with Crippen LogP contribution in [0.3, 0.4) is 0 Å². The van der Waals surface area contributed by atoms with E-state index in [0.29, 0.717) is 60.7 Å². The molecule has 4 N–H and O–H groups in total. The largest absolute Gasteiger partial charge is 0.486 e. The van der Waals surface area contributed by atoms with Crippen LogP contribution in [0.1, 0.15) is 0 Å². The summed E-state index contributed by atoms with van der Waals surface area (Å²) in [5.74, 6) is 1.27. The zero-order chi connectivity index (χ0) is 26.1. The van der Waals surface area contributed by atoms with E-state index in [4.69, 9.17) is 14.9 Å². The Morgan fingerprint density at radius 1 is 1.13 bits per heavy atom. The number of alkyl halides is 1. The Morgan fingerprint density at radius 2 is 2.00 bits per heavy atom. The number of hydrogen-bond donors (Lipinski definition) is 3. The van der Waals surface area contributed by atoms with Crippen LogP contribution in [0, 0.1) is 5.82 Å². The molecule has 0 aliphatic carbocycles. The number of nitrogen functional groups attached to an aromatic ring is 1. The van der Waals surface area contributed by atoms with Crippen molar-refractivity contribution in [1.29, 1.82) is 0 Å². The van der Waals surface area contributed by atoms with Crippen molar-refractivity contribution in [1.82, 2.24) is 29.8 Å². The van der Waals surface area contributed by atoms with Crippen molar-refractivity contribution in [2.24, 2.45) is 0 Å². The van der Waals surface area contributed by atoms with Crippen LogP contribution in [0.25, 0.3) is 17.1 Å². The number of ether oxygens (including phenoxy) is 1. The molecule has 0 radical (unpaired) electrons. The van der Waals surface area contributed by atoms with E-state index < -0.39 is 12.3 Å². The summed E-state index contributed by atoms with van der Waals surface area (Å²) in [7, 11) is 0. The third-order valence-electron chi connectivity index (χ3n) is 6.84. The maximum absolute atomic E-state index is 14.8. The number of anilines is 3. The van der Waals surface area contributed by atoms with Gasteiger partial charge in [0.2, 0.25) is 11.9 Å². The Hall–Kier alpha value is -3.97. The van der Waals surface area contributed by atoms with Crippen LogP contribution in [0.5, 0.6) is 5.75 Å². The first-order valence-corrected chi connectivity index (χ1v) is 12.6. The van der Waals surface area contributed by atoms with Crippen molar-refractivity contribution in [3.63, 3.8) is 0 Å². The van der Waals surface area contributed by atoms with Crippen LogP contribution < -0.4 is 26.0 Å². The van der Waals surface area contributed by atoms with Crippen molar-refractivity contribution in [2.75, 3.05) is 68.3 Å². The molecule has 200 valence electrons. The zero-order valence-electron chi connectivity index (χ0n) is 20.7. The van der Waals surface area contributed by atoms with Crippen LogP contribution in [0.15, 0.2) is 47.1 Å². The van der Waals surface area contributed by atoms with Crippen molar-refractivity contribution < 1.29 is 17.9 Å². The van der Waals surface area contributed by atoms with Gasteiger partial charge >= 0.3 is 0 Å². The molecule has 2 aliphatic rings. The van der Waals surface area contributed by atoms with E-state index in [1.54, 1.807) is 30.5 Å². The number of nitrogens with zero attached hydrogens (tertiary/aromatic N) is 6. The third kappa shape index (κ3) is 5.07. The molecule has 6 rings (SSSR count). The highest BCUT2D eigenvalue weighted by Crippen LogP contribution is 2.27. The van der Waals surface area contributed by atoms with Crippen molar-refractivity contribution >= 4 is 23.2 Å². The summed E-state index contributed by atoms with van der Waals surface area (Å²) in [5, 5.41) is 10.6. The molecule has 11 nitrogen and oxygen atoms in total. The number of piperazine rings is 1. The topological polar surface area (TPSA) is 122 Å². The second-order valence-electron chi connectivity index (χ2n) is 9.38. The molecule has 2 atom stereocenters.